The van der Waals surface area contributed by atoms with Gasteiger partial charge in [0.05, 0.1) is 6.42 Å². The molecule has 0 radical (unpaired) electrons. The molecule has 0 spiro atoms. The van der Waals surface area contributed by atoms with Crippen LogP contribution in [0.4, 0.5) is 4.79 Å². The van der Waals surface area contributed by atoms with Crippen molar-refractivity contribution in [3.05, 3.63) is 108 Å². The molecule has 3 aromatic carbocycles. The van der Waals surface area contributed by atoms with Gasteiger partial charge in [-0.25, -0.2) is 9.59 Å². The van der Waals surface area contributed by atoms with E-state index in [1.165, 1.54) is 0 Å². The number of ether oxygens (including phenoxy) is 3. The minimum absolute atomic E-state index is 0.00982. The summed E-state index contributed by atoms with van der Waals surface area (Å²) in [5.41, 5.74) is 9.65. The Labute approximate surface area is 281 Å². The lowest BCUT2D eigenvalue weighted by molar-refractivity contribution is -0.203. The number of alkyl carbamates (subject to hydrolysis) is 1. The third-order valence-electron chi connectivity index (χ3n) is 7.23. The number of amides is 3. The molecule has 3 aromatic rings. The van der Waals surface area contributed by atoms with Crippen LogP contribution in [0.3, 0.4) is 0 Å². The fourth-order valence-electron chi connectivity index (χ4n) is 4.66. The van der Waals surface area contributed by atoms with Crippen molar-refractivity contribution in [1.29, 1.82) is 0 Å². The van der Waals surface area contributed by atoms with E-state index in [2.05, 4.69) is 10.3 Å². The predicted octanol–water partition coefficient (Wildman–Crippen LogP) is 2.03. The highest BCUT2D eigenvalue weighted by atomic mass is 16.7. The molecular weight excluding hydrogens is 638 g/mol. The summed E-state index contributed by atoms with van der Waals surface area (Å²) in [5, 5.41) is 2.35. The maximum Gasteiger partial charge on any atom is 0.408 e. The molecule has 5 N–H and O–H groups in total. The number of hydrogen-bond donors (Lipinski definition) is 3. The fourth-order valence-corrected chi connectivity index (χ4v) is 4.66. The van der Waals surface area contributed by atoms with E-state index in [4.69, 9.17) is 30.5 Å². The Morgan fingerprint density at radius 1 is 0.755 bits per heavy atom. The van der Waals surface area contributed by atoms with Crippen LogP contribution in [0.5, 0.6) is 0 Å². The van der Waals surface area contributed by atoms with Crippen LogP contribution in [0.1, 0.15) is 36.0 Å². The number of nitrogens with two attached hydrogens (primary N) is 2. The normalized spacial score (nSPS) is 13.9. The third kappa shape index (κ3) is 9.63. The molecule has 49 heavy (non-hydrogen) atoms. The molecule has 3 amide bonds. The van der Waals surface area contributed by atoms with Gasteiger partial charge >= 0.3 is 24.0 Å². The van der Waals surface area contributed by atoms with Crippen LogP contribution >= 0.6 is 0 Å². The average molecular weight is 674 g/mol. The number of carbonyl (C=O) groups excluding carboxylic acids is 6. The molecule has 1 saturated heterocycles. The maximum atomic E-state index is 13.8. The second kappa shape index (κ2) is 17.1. The maximum absolute atomic E-state index is 13.8. The van der Waals surface area contributed by atoms with Crippen LogP contribution in [-0.2, 0) is 62.8 Å². The zero-order valence-electron chi connectivity index (χ0n) is 26.3. The number of hydrogen-bond acceptors (Lipinski definition) is 11. The Hall–Kier alpha value is -6.25. The van der Waals surface area contributed by atoms with E-state index in [9.17, 15) is 28.8 Å². The third-order valence-corrected chi connectivity index (χ3v) is 7.23. The molecule has 1 heterocycles. The summed E-state index contributed by atoms with van der Waals surface area (Å²) in [5.74, 6) is -6.90. The lowest BCUT2D eigenvalue weighted by Crippen LogP contribution is -2.50. The highest BCUT2D eigenvalue weighted by Crippen LogP contribution is 2.37. The van der Waals surface area contributed by atoms with E-state index in [-0.39, 0.29) is 50.2 Å². The van der Waals surface area contributed by atoms with Crippen molar-refractivity contribution in [3.63, 3.8) is 0 Å². The first-order valence-corrected chi connectivity index (χ1v) is 15.1. The van der Waals surface area contributed by atoms with Crippen molar-refractivity contribution in [2.24, 2.45) is 21.9 Å². The lowest BCUT2D eigenvalue weighted by atomic mass is 9.86. The number of hydroxylamine groups is 2. The van der Waals surface area contributed by atoms with Crippen molar-refractivity contribution in [3.8, 4) is 0 Å². The second-order valence-corrected chi connectivity index (χ2v) is 10.8. The van der Waals surface area contributed by atoms with Gasteiger partial charge < -0.3 is 35.8 Å². The van der Waals surface area contributed by atoms with Gasteiger partial charge in [0, 0.05) is 6.54 Å². The number of nitrogens with one attached hydrogen (secondary N) is 1. The minimum Gasteiger partial charge on any atom is -0.460 e. The summed E-state index contributed by atoms with van der Waals surface area (Å²) < 4.78 is 15.8. The molecule has 1 aliphatic rings. The number of carbonyl (C=O) groups is 6. The van der Waals surface area contributed by atoms with Gasteiger partial charge in [0.15, 0.2) is 5.96 Å². The van der Waals surface area contributed by atoms with E-state index in [0.717, 1.165) is 0 Å². The summed E-state index contributed by atoms with van der Waals surface area (Å²) in [6.45, 7) is -0.717. The summed E-state index contributed by atoms with van der Waals surface area (Å²) >= 11 is 0. The van der Waals surface area contributed by atoms with Crippen LogP contribution in [0.15, 0.2) is 96.0 Å². The number of esters is 2. The zero-order chi connectivity index (χ0) is 35.2. The van der Waals surface area contributed by atoms with E-state index >= 15 is 0 Å². The Balaban J connectivity index is 1.52. The Morgan fingerprint density at radius 3 is 1.69 bits per heavy atom. The van der Waals surface area contributed by atoms with Crippen molar-refractivity contribution in [1.82, 2.24) is 10.4 Å². The summed E-state index contributed by atoms with van der Waals surface area (Å²) in [6.07, 6.45) is -2.01. The first-order valence-electron chi connectivity index (χ1n) is 15.1. The molecule has 15 heteroatoms. The predicted molar refractivity (Wildman–Crippen MR) is 171 cm³/mol. The SMILES string of the molecule is NC(N)=NCCC[C@H](NC(=O)OCc1ccccc1)C(=O)ON1C(=O)CC(C(=O)OCc2ccccc2)(C(=O)OCc2ccccc2)C1=O. The topological polar surface area (TPSA) is 219 Å². The van der Waals surface area contributed by atoms with Gasteiger partial charge in [0.25, 0.3) is 17.2 Å². The van der Waals surface area contributed by atoms with Crippen LogP contribution in [0.25, 0.3) is 0 Å². The highest BCUT2D eigenvalue weighted by Gasteiger charge is 2.66. The molecule has 15 nitrogen and oxygen atoms in total. The number of nitrogens with zero attached hydrogens (tertiary/aromatic N) is 2. The fraction of sp³-hybridized carbons (Fsp3) is 0.265. The van der Waals surface area contributed by atoms with Gasteiger partial charge in [-0.1, -0.05) is 91.0 Å². The molecule has 256 valence electrons. The van der Waals surface area contributed by atoms with Crippen LogP contribution in [-0.4, -0.2) is 59.4 Å². The molecule has 4 rings (SSSR count). The van der Waals surface area contributed by atoms with Crippen molar-refractivity contribution < 1.29 is 47.8 Å². The van der Waals surface area contributed by atoms with Crippen LogP contribution in [0, 0.1) is 5.41 Å². The van der Waals surface area contributed by atoms with Gasteiger partial charge in [-0.2, -0.15) is 0 Å². The Bertz CT molecular complexity index is 1610. The number of guanidine groups is 1. The molecular formula is C34H35N5O10. The quantitative estimate of drug-likeness (QED) is 0.0401. The number of benzene rings is 3. The average Bonchev–Trinajstić information content (AvgIpc) is 3.36. The van der Waals surface area contributed by atoms with Gasteiger partial charge in [0.2, 0.25) is 0 Å². The molecule has 1 aliphatic heterocycles. The Kier molecular flexibility index (Phi) is 12.4. The summed E-state index contributed by atoms with van der Waals surface area (Å²) in [7, 11) is 0. The smallest absolute Gasteiger partial charge is 0.408 e. The lowest BCUT2D eigenvalue weighted by Gasteiger charge is -2.23. The molecule has 1 atom stereocenters. The second-order valence-electron chi connectivity index (χ2n) is 10.8. The molecule has 0 aromatic heterocycles. The number of aliphatic imine (C=N–C) groups is 1. The van der Waals surface area contributed by atoms with Gasteiger partial charge in [-0.15, -0.1) is 5.06 Å². The largest absolute Gasteiger partial charge is 0.460 e. The first kappa shape index (κ1) is 35.6. The Morgan fingerprint density at radius 2 is 1.22 bits per heavy atom. The molecule has 0 bridgehead atoms. The summed E-state index contributed by atoms with van der Waals surface area (Å²) in [6, 6.07) is 24.1. The van der Waals surface area contributed by atoms with E-state index < -0.39 is 53.7 Å². The standard InChI is InChI=1S/C34H35N5O10/c35-32(36)37-18-10-17-26(38-33(45)48-22-25-15-8-3-9-16-25)28(41)49-39-27(40)19-34(29(39)42,30(43)46-20-23-11-4-1-5-12-23)31(44)47-21-24-13-6-2-7-14-24/h1-9,11-16,26H,10,17-22H2,(H,38,45)(H4,35,36,37)/t26-/m0/s1. The number of rotatable bonds is 15. The summed E-state index contributed by atoms with van der Waals surface area (Å²) in [4.78, 5) is 88.9. The monoisotopic (exact) mass is 673 g/mol. The van der Waals surface area contributed by atoms with E-state index in [0.29, 0.717) is 16.7 Å². The van der Waals surface area contributed by atoms with E-state index in [1.807, 2.05) is 0 Å². The molecule has 1 fully saturated rings. The van der Waals surface area contributed by atoms with E-state index in [1.54, 1.807) is 91.0 Å². The van der Waals surface area contributed by atoms with Crippen LogP contribution < -0.4 is 16.8 Å². The molecule has 0 unspecified atom stereocenters. The van der Waals surface area contributed by atoms with Gasteiger partial charge in [-0.05, 0) is 29.5 Å². The number of imide groups is 1. The highest BCUT2D eigenvalue weighted by molar-refractivity contribution is 6.27. The minimum atomic E-state index is -2.81. The first-order chi connectivity index (χ1) is 23.6. The van der Waals surface area contributed by atoms with Gasteiger partial charge in [0.1, 0.15) is 25.9 Å². The molecule has 0 saturated carbocycles. The van der Waals surface area contributed by atoms with Crippen molar-refractivity contribution >= 4 is 41.8 Å². The molecule has 0 aliphatic carbocycles. The zero-order valence-corrected chi connectivity index (χ0v) is 26.3. The van der Waals surface area contributed by atoms with Crippen molar-refractivity contribution in [2.75, 3.05) is 6.54 Å². The van der Waals surface area contributed by atoms with Gasteiger partial charge in [-0.3, -0.25) is 24.2 Å². The van der Waals surface area contributed by atoms with Crippen LogP contribution in [0.2, 0.25) is 0 Å². The van der Waals surface area contributed by atoms with Crippen molar-refractivity contribution in [2.45, 2.75) is 45.1 Å².